The highest BCUT2D eigenvalue weighted by Crippen LogP contribution is 2.41. The number of carboxylic acids is 1. The van der Waals surface area contributed by atoms with Gasteiger partial charge in [0, 0.05) is 6.42 Å². The van der Waals surface area contributed by atoms with Gasteiger partial charge in [-0.3, -0.25) is 4.79 Å². The standard InChI is InChI=1S/C13H14N2O3/c1-8-14-10-3-2-9(6-11(10)15-8)13(4-5-18-13)7-12(16)17/h2-3,6H,4-5,7H2,1H3,(H,14,15)(H,16,17). The number of aromatic amines is 1. The molecule has 0 bridgehead atoms. The molecule has 0 radical (unpaired) electrons. The van der Waals surface area contributed by atoms with Crippen molar-refractivity contribution >= 4 is 17.0 Å². The zero-order chi connectivity index (χ0) is 12.8. The third-order valence-electron chi connectivity index (χ3n) is 3.45. The fourth-order valence-electron chi connectivity index (χ4n) is 2.48. The summed E-state index contributed by atoms with van der Waals surface area (Å²) in [4.78, 5) is 18.4. The SMILES string of the molecule is Cc1nc2ccc(C3(CC(=O)O)CCO3)cc2[nH]1. The van der Waals surface area contributed by atoms with Crippen molar-refractivity contribution in [3.8, 4) is 0 Å². The molecule has 1 aliphatic rings. The Kier molecular flexibility index (Phi) is 2.38. The number of carbonyl (C=O) groups is 1. The molecule has 5 nitrogen and oxygen atoms in total. The van der Waals surface area contributed by atoms with E-state index >= 15 is 0 Å². The van der Waals surface area contributed by atoms with Crippen LogP contribution in [-0.4, -0.2) is 27.7 Å². The molecule has 5 heteroatoms. The lowest BCUT2D eigenvalue weighted by molar-refractivity contribution is -0.176. The van der Waals surface area contributed by atoms with Crippen LogP contribution in [0.1, 0.15) is 24.2 Å². The maximum atomic E-state index is 10.9. The predicted molar refractivity (Wildman–Crippen MR) is 65.3 cm³/mol. The third kappa shape index (κ3) is 1.67. The van der Waals surface area contributed by atoms with E-state index in [0.29, 0.717) is 6.61 Å². The monoisotopic (exact) mass is 246 g/mol. The maximum Gasteiger partial charge on any atom is 0.306 e. The van der Waals surface area contributed by atoms with E-state index in [1.807, 2.05) is 25.1 Å². The Morgan fingerprint density at radius 1 is 1.61 bits per heavy atom. The maximum absolute atomic E-state index is 10.9. The van der Waals surface area contributed by atoms with E-state index in [1.54, 1.807) is 0 Å². The number of nitrogens with one attached hydrogen (secondary N) is 1. The van der Waals surface area contributed by atoms with E-state index in [0.717, 1.165) is 28.8 Å². The minimum atomic E-state index is -0.837. The zero-order valence-electron chi connectivity index (χ0n) is 10.1. The van der Waals surface area contributed by atoms with E-state index in [4.69, 9.17) is 9.84 Å². The van der Waals surface area contributed by atoms with Crippen molar-refractivity contribution < 1.29 is 14.6 Å². The molecule has 0 spiro atoms. The Labute approximate surface area is 104 Å². The molecular weight excluding hydrogens is 232 g/mol. The average molecular weight is 246 g/mol. The molecule has 3 rings (SSSR count). The van der Waals surface area contributed by atoms with Crippen LogP contribution in [0.25, 0.3) is 11.0 Å². The van der Waals surface area contributed by atoms with Crippen LogP contribution in [-0.2, 0) is 15.1 Å². The molecular formula is C13H14N2O3. The van der Waals surface area contributed by atoms with E-state index in [9.17, 15) is 4.79 Å². The molecule has 0 amide bonds. The lowest BCUT2D eigenvalue weighted by Crippen LogP contribution is -2.42. The number of benzene rings is 1. The summed E-state index contributed by atoms with van der Waals surface area (Å²) < 4.78 is 5.56. The van der Waals surface area contributed by atoms with Crippen molar-refractivity contribution in [2.75, 3.05) is 6.61 Å². The van der Waals surface area contributed by atoms with Gasteiger partial charge in [0.15, 0.2) is 0 Å². The van der Waals surface area contributed by atoms with E-state index in [1.165, 1.54) is 0 Å². The Morgan fingerprint density at radius 3 is 3.00 bits per heavy atom. The largest absolute Gasteiger partial charge is 0.481 e. The number of aryl methyl sites for hydroxylation is 1. The number of carboxylic acid groups (broad SMARTS) is 1. The first-order valence-corrected chi connectivity index (χ1v) is 5.92. The Hall–Kier alpha value is -1.88. The van der Waals surface area contributed by atoms with Crippen molar-refractivity contribution in [2.24, 2.45) is 0 Å². The highest BCUT2D eigenvalue weighted by molar-refractivity contribution is 5.77. The normalized spacial score (nSPS) is 22.9. The summed E-state index contributed by atoms with van der Waals surface area (Å²) in [6, 6.07) is 5.75. The zero-order valence-corrected chi connectivity index (χ0v) is 10.1. The van der Waals surface area contributed by atoms with E-state index < -0.39 is 11.6 Å². The fraction of sp³-hybridized carbons (Fsp3) is 0.385. The van der Waals surface area contributed by atoms with Crippen molar-refractivity contribution in [1.29, 1.82) is 0 Å². The molecule has 1 unspecified atom stereocenters. The fourth-order valence-corrected chi connectivity index (χ4v) is 2.48. The predicted octanol–water partition coefficient (Wildman–Crippen LogP) is 1.96. The molecule has 0 aliphatic carbocycles. The van der Waals surface area contributed by atoms with Crippen LogP contribution in [0, 0.1) is 6.92 Å². The van der Waals surface area contributed by atoms with Gasteiger partial charge in [-0.15, -0.1) is 0 Å². The van der Waals surface area contributed by atoms with Gasteiger partial charge in [0.05, 0.1) is 24.1 Å². The second kappa shape index (κ2) is 3.81. The van der Waals surface area contributed by atoms with Crippen molar-refractivity contribution in [1.82, 2.24) is 9.97 Å². The summed E-state index contributed by atoms with van der Waals surface area (Å²) in [6.07, 6.45) is 0.754. The molecule has 1 saturated heterocycles. The van der Waals surface area contributed by atoms with Gasteiger partial charge >= 0.3 is 5.97 Å². The highest BCUT2D eigenvalue weighted by Gasteiger charge is 2.42. The first-order valence-electron chi connectivity index (χ1n) is 5.92. The van der Waals surface area contributed by atoms with Crippen LogP contribution in [0.5, 0.6) is 0 Å². The van der Waals surface area contributed by atoms with Crippen LogP contribution in [0.3, 0.4) is 0 Å². The molecule has 18 heavy (non-hydrogen) atoms. The molecule has 0 saturated carbocycles. The number of rotatable bonds is 3. The van der Waals surface area contributed by atoms with Gasteiger partial charge in [-0.25, -0.2) is 4.98 Å². The van der Waals surface area contributed by atoms with Gasteiger partial charge in [-0.1, -0.05) is 6.07 Å². The number of imidazole rings is 1. The van der Waals surface area contributed by atoms with E-state index in [-0.39, 0.29) is 6.42 Å². The van der Waals surface area contributed by atoms with Crippen LogP contribution >= 0.6 is 0 Å². The third-order valence-corrected chi connectivity index (χ3v) is 3.45. The van der Waals surface area contributed by atoms with Crippen LogP contribution in [0.4, 0.5) is 0 Å². The van der Waals surface area contributed by atoms with Gasteiger partial charge in [0.2, 0.25) is 0 Å². The number of ether oxygens (including phenoxy) is 1. The molecule has 1 atom stereocenters. The molecule has 2 N–H and O–H groups in total. The van der Waals surface area contributed by atoms with Crippen molar-refractivity contribution in [2.45, 2.75) is 25.4 Å². The number of aliphatic carboxylic acids is 1. The number of aromatic nitrogens is 2. The Bertz CT molecular complexity index is 614. The molecule has 1 aliphatic heterocycles. The smallest absolute Gasteiger partial charge is 0.306 e. The van der Waals surface area contributed by atoms with E-state index in [2.05, 4.69) is 9.97 Å². The van der Waals surface area contributed by atoms with Gasteiger partial charge in [0.25, 0.3) is 0 Å². The van der Waals surface area contributed by atoms with Gasteiger partial charge < -0.3 is 14.8 Å². The minimum absolute atomic E-state index is 0.00558. The second-order valence-electron chi connectivity index (χ2n) is 4.72. The molecule has 2 heterocycles. The topological polar surface area (TPSA) is 75.2 Å². The number of nitrogens with zero attached hydrogens (tertiary/aromatic N) is 1. The summed E-state index contributed by atoms with van der Waals surface area (Å²) in [5.74, 6) is 0.0135. The summed E-state index contributed by atoms with van der Waals surface area (Å²) >= 11 is 0. The highest BCUT2D eigenvalue weighted by atomic mass is 16.5. The van der Waals surface area contributed by atoms with Crippen molar-refractivity contribution in [3.63, 3.8) is 0 Å². The molecule has 1 aromatic carbocycles. The average Bonchev–Trinajstić information content (AvgIpc) is 2.62. The van der Waals surface area contributed by atoms with Gasteiger partial charge in [-0.2, -0.15) is 0 Å². The lowest BCUT2D eigenvalue weighted by Gasteiger charge is -2.41. The molecule has 94 valence electrons. The Morgan fingerprint density at radius 2 is 2.39 bits per heavy atom. The quantitative estimate of drug-likeness (QED) is 0.868. The van der Waals surface area contributed by atoms with Crippen LogP contribution in [0.2, 0.25) is 0 Å². The van der Waals surface area contributed by atoms with Gasteiger partial charge in [-0.05, 0) is 24.6 Å². The Balaban J connectivity index is 2.04. The van der Waals surface area contributed by atoms with Crippen LogP contribution in [0.15, 0.2) is 18.2 Å². The summed E-state index contributed by atoms with van der Waals surface area (Å²) in [5.41, 5.74) is 2.07. The van der Waals surface area contributed by atoms with Gasteiger partial charge in [0.1, 0.15) is 11.4 Å². The minimum Gasteiger partial charge on any atom is -0.481 e. The number of hydrogen-bond donors (Lipinski definition) is 2. The number of fused-ring (bicyclic) bond motifs is 1. The molecule has 2 aromatic rings. The van der Waals surface area contributed by atoms with Crippen LogP contribution < -0.4 is 0 Å². The first kappa shape index (κ1) is 11.2. The first-order chi connectivity index (χ1) is 8.59. The number of hydrogen-bond acceptors (Lipinski definition) is 3. The molecule has 1 aromatic heterocycles. The summed E-state index contributed by atoms with van der Waals surface area (Å²) in [6.45, 7) is 2.51. The lowest BCUT2D eigenvalue weighted by atomic mass is 9.83. The molecule has 1 fully saturated rings. The summed E-state index contributed by atoms with van der Waals surface area (Å²) in [5, 5.41) is 8.99. The second-order valence-corrected chi connectivity index (χ2v) is 4.72. The van der Waals surface area contributed by atoms with Crippen molar-refractivity contribution in [3.05, 3.63) is 29.6 Å². The summed E-state index contributed by atoms with van der Waals surface area (Å²) in [7, 11) is 0. The number of H-pyrrole nitrogens is 1.